The molecule has 1 aromatic rings. The Kier molecular flexibility index (Phi) is 1.84. The molecule has 0 bridgehead atoms. The lowest BCUT2D eigenvalue weighted by Crippen LogP contribution is -2.30. The molecule has 1 aliphatic carbocycles. The van der Waals surface area contributed by atoms with E-state index in [4.69, 9.17) is 4.74 Å². The van der Waals surface area contributed by atoms with Crippen LogP contribution in [0.2, 0.25) is 0 Å². The Morgan fingerprint density at radius 2 is 1.93 bits per heavy atom. The fourth-order valence-electron chi connectivity index (χ4n) is 3.01. The monoisotopic (exact) mass is 201 g/mol. The van der Waals surface area contributed by atoms with Gasteiger partial charge in [-0.25, -0.2) is 4.99 Å². The van der Waals surface area contributed by atoms with Gasteiger partial charge in [-0.3, -0.25) is 0 Å². The molecular formula is C13H15NO. The minimum atomic E-state index is 0.116. The van der Waals surface area contributed by atoms with Gasteiger partial charge in [0.05, 0.1) is 18.2 Å². The third kappa shape index (κ3) is 1.08. The second-order valence-electron chi connectivity index (χ2n) is 4.43. The lowest BCUT2D eigenvalue weighted by atomic mass is 9.80. The van der Waals surface area contributed by atoms with Crippen LogP contribution in [0.5, 0.6) is 0 Å². The fourth-order valence-corrected chi connectivity index (χ4v) is 3.01. The standard InChI is InChI=1S/C13H15NO/c1-15-12-13(8-4-5-9-13)10-6-2-3-7-11(10)14-12/h2-3,6-7H,4-5,8-9H2,1H3. The average molecular weight is 201 g/mol. The zero-order valence-electron chi connectivity index (χ0n) is 8.99. The van der Waals surface area contributed by atoms with Crippen LogP contribution >= 0.6 is 0 Å². The van der Waals surface area contributed by atoms with Crippen LogP contribution in [-0.4, -0.2) is 13.0 Å². The number of nitrogens with zero attached hydrogens (tertiary/aromatic N) is 1. The molecule has 1 heterocycles. The Labute approximate surface area is 90.0 Å². The molecule has 15 heavy (non-hydrogen) atoms. The second kappa shape index (κ2) is 3.09. The largest absolute Gasteiger partial charge is 0.483 e. The third-order valence-electron chi connectivity index (χ3n) is 3.70. The van der Waals surface area contributed by atoms with Gasteiger partial charge in [-0.1, -0.05) is 31.0 Å². The summed E-state index contributed by atoms with van der Waals surface area (Å²) in [4.78, 5) is 4.60. The SMILES string of the molecule is COC1=Nc2ccccc2C12CCCC2. The summed E-state index contributed by atoms with van der Waals surface area (Å²) in [6, 6.07) is 8.44. The zero-order valence-corrected chi connectivity index (χ0v) is 8.99. The lowest BCUT2D eigenvalue weighted by Gasteiger charge is -2.25. The summed E-state index contributed by atoms with van der Waals surface area (Å²) in [5.74, 6) is 0.932. The van der Waals surface area contributed by atoms with Crippen molar-refractivity contribution in [3.8, 4) is 0 Å². The molecule has 1 aromatic carbocycles. The maximum atomic E-state index is 5.48. The Morgan fingerprint density at radius 3 is 2.67 bits per heavy atom. The van der Waals surface area contributed by atoms with Crippen molar-refractivity contribution in [3.05, 3.63) is 29.8 Å². The van der Waals surface area contributed by atoms with E-state index in [0.29, 0.717) is 0 Å². The van der Waals surface area contributed by atoms with Crippen LogP contribution in [0.15, 0.2) is 29.3 Å². The van der Waals surface area contributed by atoms with Crippen molar-refractivity contribution in [3.63, 3.8) is 0 Å². The van der Waals surface area contributed by atoms with E-state index in [9.17, 15) is 0 Å². The Balaban J connectivity index is 2.17. The summed E-state index contributed by atoms with van der Waals surface area (Å²) >= 11 is 0. The molecule has 0 unspecified atom stereocenters. The molecule has 1 spiro atoms. The van der Waals surface area contributed by atoms with Gasteiger partial charge in [0, 0.05) is 0 Å². The minimum absolute atomic E-state index is 0.116. The Morgan fingerprint density at radius 1 is 1.20 bits per heavy atom. The summed E-state index contributed by atoms with van der Waals surface area (Å²) < 4.78 is 5.48. The summed E-state index contributed by atoms with van der Waals surface area (Å²) in [6.07, 6.45) is 4.96. The zero-order chi connectivity index (χ0) is 10.3. The molecule has 2 nitrogen and oxygen atoms in total. The molecular weight excluding hydrogens is 186 g/mol. The maximum absolute atomic E-state index is 5.48. The molecule has 0 N–H and O–H groups in total. The molecule has 1 fully saturated rings. The van der Waals surface area contributed by atoms with Gasteiger partial charge in [0.1, 0.15) is 0 Å². The summed E-state index contributed by atoms with van der Waals surface area (Å²) in [7, 11) is 1.74. The fraction of sp³-hybridized carbons (Fsp3) is 0.462. The Hall–Kier alpha value is -1.31. The summed E-state index contributed by atoms with van der Waals surface area (Å²) in [5, 5.41) is 0. The van der Waals surface area contributed by atoms with Crippen LogP contribution < -0.4 is 0 Å². The molecule has 78 valence electrons. The van der Waals surface area contributed by atoms with Crippen molar-refractivity contribution in [2.45, 2.75) is 31.1 Å². The molecule has 0 aromatic heterocycles. The van der Waals surface area contributed by atoms with E-state index < -0.39 is 0 Å². The third-order valence-corrected chi connectivity index (χ3v) is 3.70. The molecule has 2 heteroatoms. The van der Waals surface area contributed by atoms with Crippen LogP contribution in [0.4, 0.5) is 5.69 Å². The van der Waals surface area contributed by atoms with Crippen molar-refractivity contribution in [1.29, 1.82) is 0 Å². The van der Waals surface area contributed by atoms with E-state index in [2.05, 4.69) is 23.2 Å². The topological polar surface area (TPSA) is 21.6 Å². The molecule has 0 atom stereocenters. The second-order valence-corrected chi connectivity index (χ2v) is 4.43. The number of methoxy groups -OCH3 is 1. The van der Waals surface area contributed by atoms with Crippen molar-refractivity contribution >= 4 is 11.6 Å². The summed E-state index contributed by atoms with van der Waals surface area (Å²) in [5.41, 5.74) is 2.60. The molecule has 0 radical (unpaired) electrons. The quantitative estimate of drug-likeness (QED) is 0.631. The number of aliphatic imine (C=N–C) groups is 1. The first kappa shape index (κ1) is 8.96. The molecule has 0 saturated heterocycles. The Bertz CT molecular complexity index is 416. The van der Waals surface area contributed by atoms with Gasteiger partial charge in [-0.2, -0.15) is 0 Å². The molecule has 3 rings (SSSR count). The summed E-state index contributed by atoms with van der Waals surface area (Å²) in [6.45, 7) is 0. The van der Waals surface area contributed by atoms with E-state index in [1.807, 2.05) is 6.07 Å². The van der Waals surface area contributed by atoms with Gasteiger partial charge in [0.15, 0.2) is 5.90 Å². The highest BCUT2D eigenvalue weighted by Crippen LogP contribution is 2.50. The number of hydrogen-bond acceptors (Lipinski definition) is 2. The van der Waals surface area contributed by atoms with Crippen molar-refractivity contribution in [2.75, 3.05) is 7.11 Å². The highest BCUT2D eigenvalue weighted by atomic mass is 16.5. The van der Waals surface area contributed by atoms with Gasteiger partial charge < -0.3 is 4.74 Å². The van der Waals surface area contributed by atoms with Gasteiger partial charge >= 0.3 is 0 Å². The van der Waals surface area contributed by atoms with E-state index >= 15 is 0 Å². The minimum Gasteiger partial charge on any atom is -0.483 e. The smallest absolute Gasteiger partial charge is 0.199 e. The first-order valence-corrected chi connectivity index (χ1v) is 5.59. The first-order valence-electron chi connectivity index (χ1n) is 5.59. The van der Waals surface area contributed by atoms with Crippen LogP contribution in [0, 0.1) is 0 Å². The van der Waals surface area contributed by atoms with E-state index in [1.54, 1.807) is 7.11 Å². The van der Waals surface area contributed by atoms with Gasteiger partial charge in [-0.05, 0) is 24.5 Å². The number of rotatable bonds is 0. The number of benzene rings is 1. The number of fused-ring (bicyclic) bond motifs is 2. The van der Waals surface area contributed by atoms with Crippen LogP contribution in [-0.2, 0) is 10.2 Å². The van der Waals surface area contributed by atoms with Gasteiger partial charge in [0.25, 0.3) is 0 Å². The number of para-hydroxylation sites is 1. The molecule has 0 amide bonds. The molecule has 1 saturated carbocycles. The number of ether oxygens (including phenoxy) is 1. The van der Waals surface area contributed by atoms with E-state index in [-0.39, 0.29) is 5.41 Å². The van der Waals surface area contributed by atoms with E-state index in [1.165, 1.54) is 31.2 Å². The maximum Gasteiger partial charge on any atom is 0.199 e. The van der Waals surface area contributed by atoms with Crippen LogP contribution in [0.3, 0.4) is 0 Å². The molecule has 2 aliphatic rings. The average Bonchev–Trinajstić information content (AvgIpc) is 2.87. The highest BCUT2D eigenvalue weighted by molar-refractivity contribution is 5.96. The molecule has 1 aliphatic heterocycles. The predicted molar refractivity (Wildman–Crippen MR) is 60.7 cm³/mol. The van der Waals surface area contributed by atoms with Crippen molar-refractivity contribution < 1.29 is 4.74 Å². The van der Waals surface area contributed by atoms with E-state index in [0.717, 1.165) is 11.6 Å². The van der Waals surface area contributed by atoms with Crippen molar-refractivity contribution in [2.24, 2.45) is 4.99 Å². The van der Waals surface area contributed by atoms with Crippen molar-refractivity contribution in [1.82, 2.24) is 0 Å². The first-order chi connectivity index (χ1) is 7.37. The highest BCUT2D eigenvalue weighted by Gasteiger charge is 2.46. The normalized spacial score (nSPS) is 21.5. The van der Waals surface area contributed by atoms with Gasteiger partial charge in [-0.15, -0.1) is 0 Å². The van der Waals surface area contributed by atoms with Crippen LogP contribution in [0.25, 0.3) is 0 Å². The van der Waals surface area contributed by atoms with Gasteiger partial charge in [0.2, 0.25) is 0 Å². The number of hydrogen-bond donors (Lipinski definition) is 0. The van der Waals surface area contributed by atoms with Crippen LogP contribution in [0.1, 0.15) is 31.2 Å². The lowest BCUT2D eigenvalue weighted by molar-refractivity contribution is 0.352. The predicted octanol–water partition coefficient (Wildman–Crippen LogP) is 3.19.